The van der Waals surface area contributed by atoms with Gasteiger partial charge < -0.3 is 25.2 Å². The van der Waals surface area contributed by atoms with E-state index in [1.165, 1.54) is 0 Å². The molecule has 9 nitrogen and oxygen atoms in total. The van der Waals surface area contributed by atoms with E-state index in [0.29, 0.717) is 25.3 Å². The van der Waals surface area contributed by atoms with Crippen molar-refractivity contribution in [3.8, 4) is 0 Å². The molecule has 0 bridgehead atoms. The normalized spacial score (nSPS) is 17.4. The molecular formula is C20H30N4O5. The smallest absolute Gasteiger partial charge is 0.414 e. The fourth-order valence-electron chi connectivity index (χ4n) is 2.75. The number of aliphatic hydroxyl groups excluding tert-OH is 1. The zero-order valence-electron chi connectivity index (χ0n) is 17.1. The first-order chi connectivity index (χ1) is 13.7. The molecule has 0 aliphatic carbocycles. The molecule has 1 heterocycles. The van der Waals surface area contributed by atoms with E-state index in [1.54, 1.807) is 20.8 Å². The topological polar surface area (TPSA) is 121 Å². The highest BCUT2D eigenvalue weighted by atomic mass is 16.6. The number of amides is 2. The minimum absolute atomic E-state index is 0.0796. The van der Waals surface area contributed by atoms with Crippen LogP contribution in [0, 0.1) is 0 Å². The van der Waals surface area contributed by atoms with Crippen LogP contribution in [0.3, 0.4) is 0 Å². The van der Waals surface area contributed by atoms with E-state index >= 15 is 0 Å². The quantitative estimate of drug-likeness (QED) is 0.573. The van der Waals surface area contributed by atoms with Gasteiger partial charge in [0.25, 0.3) is 0 Å². The van der Waals surface area contributed by atoms with Gasteiger partial charge in [0.1, 0.15) is 12.2 Å². The van der Waals surface area contributed by atoms with E-state index in [-0.39, 0.29) is 19.3 Å². The molecular weight excluding hydrogens is 376 g/mol. The van der Waals surface area contributed by atoms with Crippen LogP contribution in [0.2, 0.25) is 0 Å². The van der Waals surface area contributed by atoms with Gasteiger partial charge in [-0.05, 0) is 39.2 Å². The van der Waals surface area contributed by atoms with Crippen molar-refractivity contribution >= 4 is 18.1 Å². The minimum atomic E-state index is -0.614. The highest BCUT2D eigenvalue weighted by Gasteiger charge is 2.24. The lowest BCUT2D eigenvalue weighted by Gasteiger charge is -2.28. The largest absolute Gasteiger partial charge is 0.444 e. The van der Waals surface area contributed by atoms with E-state index in [1.807, 2.05) is 30.3 Å². The van der Waals surface area contributed by atoms with Crippen LogP contribution in [-0.2, 0) is 16.1 Å². The molecule has 1 aromatic carbocycles. The summed E-state index contributed by atoms with van der Waals surface area (Å²) in [5, 5.41) is 17.9. The van der Waals surface area contributed by atoms with Crippen LogP contribution in [0.25, 0.3) is 0 Å². The number of carbonyl (C=O) groups is 2. The number of aliphatic imine (C=N–C) groups is 1. The van der Waals surface area contributed by atoms with Crippen molar-refractivity contribution in [1.29, 1.82) is 0 Å². The number of ether oxygens (including phenoxy) is 2. The lowest BCUT2D eigenvalue weighted by molar-refractivity contribution is 0.0475. The number of hydrogen-bond donors (Lipinski definition) is 4. The second kappa shape index (κ2) is 10.7. The third-order valence-electron chi connectivity index (χ3n) is 4.03. The molecule has 2 amide bonds. The van der Waals surface area contributed by atoms with Crippen molar-refractivity contribution in [3.05, 3.63) is 35.9 Å². The molecule has 9 heteroatoms. The number of hydrogen-bond acceptors (Lipinski definition) is 7. The first-order valence-electron chi connectivity index (χ1n) is 9.64. The maximum Gasteiger partial charge on any atom is 0.414 e. The third kappa shape index (κ3) is 8.82. The molecule has 1 aliphatic rings. The summed E-state index contributed by atoms with van der Waals surface area (Å²) in [7, 11) is 0. The number of alkyl carbamates (subject to hydrolysis) is 2. The van der Waals surface area contributed by atoms with Gasteiger partial charge >= 0.3 is 12.2 Å². The summed E-state index contributed by atoms with van der Waals surface area (Å²) >= 11 is 0. The van der Waals surface area contributed by atoms with Gasteiger partial charge in [0.2, 0.25) is 5.96 Å². The monoisotopic (exact) mass is 406 g/mol. The number of nitrogens with one attached hydrogen (secondary N) is 3. The van der Waals surface area contributed by atoms with Crippen LogP contribution in [0.4, 0.5) is 9.59 Å². The van der Waals surface area contributed by atoms with Crippen molar-refractivity contribution in [2.24, 2.45) is 4.99 Å². The van der Waals surface area contributed by atoms with Crippen LogP contribution in [-0.4, -0.2) is 54.1 Å². The van der Waals surface area contributed by atoms with Gasteiger partial charge in [-0.2, -0.15) is 0 Å². The highest BCUT2D eigenvalue weighted by Crippen LogP contribution is 2.10. The molecule has 2 atom stereocenters. The standard InChI is InChI=1S/C20H30N4O5/c1-20(2,3)29-19(27)23-16(12-25)11-15-9-10-21-17(22-15)24-18(26)28-13-14-7-5-4-6-8-14/h4-8,15-16,25H,9-13H2,1-3H3,(H,23,27)(H2,21,22,24,26)/t15-,16+/m1/s1. The molecule has 0 saturated carbocycles. The predicted molar refractivity (Wildman–Crippen MR) is 108 cm³/mol. The molecule has 160 valence electrons. The van der Waals surface area contributed by atoms with Crippen LogP contribution in [0.1, 0.15) is 39.2 Å². The molecule has 1 aromatic rings. The molecule has 29 heavy (non-hydrogen) atoms. The lowest BCUT2D eigenvalue weighted by Crippen LogP contribution is -2.52. The Morgan fingerprint density at radius 3 is 2.66 bits per heavy atom. The highest BCUT2D eigenvalue weighted by molar-refractivity contribution is 5.94. The Morgan fingerprint density at radius 1 is 1.28 bits per heavy atom. The molecule has 1 aliphatic heterocycles. The van der Waals surface area contributed by atoms with E-state index in [0.717, 1.165) is 5.56 Å². The summed E-state index contributed by atoms with van der Waals surface area (Å²) in [5.74, 6) is 0.313. The second-order valence-corrected chi connectivity index (χ2v) is 7.81. The van der Waals surface area contributed by atoms with Crippen molar-refractivity contribution in [1.82, 2.24) is 16.0 Å². The van der Waals surface area contributed by atoms with Gasteiger partial charge in [0.05, 0.1) is 12.6 Å². The number of guanidine groups is 1. The first kappa shape index (κ1) is 22.5. The number of benzene rings is 1. The van der Waals surface area contributed by atoms with Gasteiger partial charge in [0, 0.05) is 12.6 Å². The molecule has 0 fully saturated rings. The molecule has 0 aromatic heterocycles. The zero-order valence-corrected chi connectivity index (χ0v) is 17.1. The summed E-state index contributed by atoms with van der Waals surface area (Å²) < 4.78 is 10.4. The maximum atomic E-state index is 12.0. The van der Waals surface area contributed by atoms with Gasteiger partial charge in [-0.15, -0.1) is 0 Å². The fourth-order valence-corrected chi connectivity index (χ4v) is 2.75. The Bertz CT molecular complexity index is 703. The molecule has 0 saturated heterocycles. The predicted octanol–water partition coefficient (Wildman–Crippen LogP) is 1.91. The van der Waals surface area contributed by atoms with E-state index in [4.69, 9.17) is 9.47 Å². The van der Waals surface area contributed by atoms with Crippen LogP contribution in [0.15, 0.2) is 35.3 Å². The Labute approximate surface area is 170 Å². The SMILES string of the molecule is CC(C)(C)OC(=O)N[C@H](CO)C[C@H]1CCN=C(NC(=O)OCc2ccccc2)N1. The summed E-state index contributed by atoms with van der Waals surface area (Å²) in [6, 6.07) is 8.81. The number of nitrogens with zero attached hydrogens (tertiary/aromatic N) is 1. The number of carbonyl (C=O) groups excluding carboxylic acids is 2. The maximum absolute atomic E-state index is 12.0. The van der Waals surface area contributed by atoms with Gasteiger partial charge in [-0.25, -0.2) is 9.59 Å². The second-order valence-electron chi connectivity index (χ2n) is 7.81. The van der Waals surface area contributed by atoms with Crippen LogP contribution in [0.5, 0.6) is 0 Å². The number of rotatable bonds is 6. The molecule has 0 spiro atoms. The van der Waals surface area contributed by atoms with Crippen molar-refractivity contribution in [2.45, 2.75) is 57.9 Å². The van der Waals surface area contributed by atoms with Gasteiger partial charge in [0.15, 0.2) is 0 Å². The molecule has 4 N–H and O–H groups in total. The van der Waals surface area contributed by atoms with Crippen molar-refractivity contribution in [2.75, 3.05) is 13.2 Å². The van der Waals surface area contributed by atoms with Crippen LogP contribution >= 0.6 is 0 Å². The van der Waals surface area contributed by atoms with Crippen molar-refractivity contribution < 1.29 is 24.2 Å². The van der Waals surface area contributed by atoms with Gasteiger partial charge in [-0.1, -0.05) is 30.3 Å². The Balaban J connectivity index is 1.77. The lowest BCUT2D eigenvalue weighted by atomic mass is 10.0. The number of aliphatic hydroxyl groups is 1. The summed E-state index contributed by atoms with van der Waals surface area (Å²) in [5.41, 5.74) is 0.273. The fraction of sp³-hybridized carbons (Fsp3) is 0.550. The minimum Gasteiger partial charge on any atom is -0.444 e. The third-order valence-corrected chi connectivity index (χ3v) is 4.03. The molecule has 2 rings (SSSR count). The first-order valence-corrected chi connectivity index (χ1v) is 9.64. The van der Waals surface area contributed by atoms with E-state index in [9.17, 15) is 14.7 Å². The van der Waals surface area contributed by atoms with Gasteiger partial charge in [-0.3, -0.25) is 10.3 Å². The zero-order chi connectivity index (χ0) is 21.3. The average Bonchev–Trinajstić information content (AvgIpc) is 2.65. The van der Waals surface area contributed by atoms with E-state index in [2.05, 4.69) is 20.9 Å². The summed E-state index contributed by atoms with van der Waals surface area (Å²) in [6.45, 7) is 5.76. The Morgan fingerprint density at radius 2 is 2.00 bits per heavy atom. The molecule has 0 radical (unpaired) electrons. The molecule has 0 unspecified atom stereocenters. The Hall–Kier alpha value is -2.81. The van der Waals surface area contributed by atoms with Crippen LogP contribution < -0.4 is 16.0 Å². The summed E-state index contributed by atoms with van der Waals surface area (Å²) in [4.78, 5) is 28.1. The van der Waals surface area contributed by atoms with Crippen molar-refractivity contribution in [3.63, 3.8) is 0 Å². The average molecular weight is 406 g/mol. The summed E-state index contributed by atoms with van der Waals surface area (Å²) in [6.07, 6.45) is -0.0260. The Kier molecular flexibility index (Phi) is 8.26. The van der Waals surface area contributed by atoms with E-state index < -0.39 is 23.8 Å².